The van der Waals surface area contributed by atoms with Crippen molar-refractivity contribution in [1.29, 1.82) is 0 Å². The lowest BCUT2D eigenvalue weighted by Crippen LogP contribution is -2.22. The van der Waals surface area contributed by atoms with Gasteiger partial charge in [-0.15, -0.1) is 11.3 Å². The molecule has 1 amide bonds. The Bertz CT molecular complexity index is 636. The number of nitrogens with two attached hydrogens (primary N) is 1. The highest BCUT2D eigenvalue weighted by Crippen LogP contribution is 2.14. The summed E-state index contributed by atoms with van der Waals surface area (Å²) in [5, 5.41) is 5.26. The molecule has 0 atom stereocenters. The molecule has 19 heavy (non-hydrogen) atoms. The summed E-state index contributed by atoms with van der Waals surface area (Å²) in [6.45, 7) is 0.805. The number of amides is 1. The molecule has 2 aromatic rings. The van der Waals surface area contributed by atoms with Gasteiger partial charge in [-0.2, -0.15) is 0 Å². The molecule has 0 radical (unpaired) electrons. The van der Waals surface area contributed by atoms with E-state index in [2.05, 4.69) is 22.1 Å². The van der Waals surface area contributed by atoms with Crippen LogP contribution in [0.2, 0.25) is 5.02 Å². The average Bonchev–Trinajstić information content (AvgIpc) is 3.02. The van der Waals surface area contributed by atoms with E-state index >= 15 is 0 Å². The Labute approximate surface area is 120 Å². The summed E-state index contributed by atoms with van der Waals surface area (Å²) in [5.74, 6) is 5.55. The third-order valence-corrected chi connectivity index (χ3v) is 3.46. The van der Waals surface area contributed by atoms with Crippen LogP contribution in [0, 0.1) is 11.8 Å². The van der Waals surface area contributed by atoms with Crippen molar-refractivity contribution in [3.8, 4) is 11.8 Å². The van der Waals surface area contributed by atoms with Crippen molar-refractivity contribution in [3.63, 3.8) is 0 Å². The number of halogens is 1. The molecule has 0 aliphatic heterocycles. The molecular weight excluding hydrogens is 282 g/mol. The molecule has 4 nitrogen and oxygen atoms in total. The summed E-state index contributed by atoms with van der Waals surface area (Å²) in [4.78, 5) is 15.6. The highest BCUT2D eigenvalue weighted by Gasteiger charge is 2.08. The largest absolute Gasteiger partial charge is 0.356 e. The molecule has 0 unspecified atom stereocenters. The van der Waals surface area contributed by atoms with Crippen molar-refractivity contribution in [2.45, 2.75) is 6.54 Å². The highest BCUT2D eigenvalue weighted by atomic mass is 35.5. The molecule has 2 aromatic heterocycles. The lowest BCUT2D eigenvalue weighted by molar-refractivity contribution is 0.0947. The predicted octanol–water partition coefficient (Wildman–Crippen LogP) is 1.97. The Morgan fingerprint density at radius 3 is 3.05 bits per heavy atom. The summed E-state index contributed by atoms with van der Waals surface area (Å²) < 4.78 is 0. The molecule has 0 saturated carbocycles. The first-order chi connectivity index (χ1) is 9.19. The fourth-order valence-electron chi connectivity index (χ4n) is 1.45. The zero-order valence-electron chi connectivity index (χ0n) is 10.00. The summed E-state index contributed by atoms with van der Waals surface area (Å²) in [6, 6.07) is 3.53. The van der Waals surface area contributed by atoms with Gasteiger partial charge in [0, 0.05) is 22.0 Å². The zero-order chi connectivity index (χ0) is 13.7. The van der Waals surface area contributed by atoms with Gasteiger partial charge in [-0.05, 0) is 12.1 Å². The van der Waals surface area contributed by atoms with E-state index in [1.165, 1.54) is 0 Å². The van der Waals surface area contributed by atoms with Crippen LogP contribution in [-0.2, 0) is 6.54 Å². The van der Waals surface area contributed by atoms with Crippen molar-refractivity contribution in [2.24, 2.45) is 5.73 Å². The number of hydrogen-bond acceptors (Lipinski definition) is 3. The Balaban J connectivity index is 1.92. The van der Waals surface area contributed by atoms with Crippen LogP contribution in [-0.4, -0.2) is 17.4 Å². The minimum Gasteiger partial charge on any atom is -0.356 e. The monoisotopic (exact) mass is 293 g/mol. The van der Waals surface area contributed by atoms with E-state index in [4.69, 9.17) is 17.3 Å². The van der Waals surface area contributed by atoms with E-state index in [9.17, 15) is 4.79 Å². The Morgan fingerprint density at radius 1 is 1.53 bits per heavy atom. The summed E-state index contributed by atoms with van der Waals surface area (Å²) >= 11 is 7.29. The number of nitrogens with one attached hydrogen (secondary N) is 2. The van der Waals surface area contributed by atoms with E-state index < -0.39 is 0 Å². The predicted molar refractivity (Wildman–Crippen MR) is 77.2 cm³/mol. The highest BCUT2D eigenvalue weighted by molar-refractivity contribution is 7.10. The molecule has 2 rings (SSSR count). The van der Waals surface area contributed by atoms with Crippen LogP contribution in [0.25, 0.3) is 0 Å². The lowest BCUT2D eigenvalue weighted by atomic mass is 10.3. The van der Waals surface area contributed by atoms with Crippen molar-refractivity contribution in [2.75, 3.05) is 6.54 Å². The van der Waals surface area contributed by atoms with Crippen LogP contribution in [0.5, 0.6) is 0 Å². The van der Waals surface area contributed by atoms with Crippen LogP contribution < -0.4 is 11.1 Å². The molecular formula is C13H12ClN3OS. The first-order valence-electron chi connectivity index (χ1n) is 5.57. The van der Waals surface area contributed by atoms with Crippen molar-refractivity contribution < 1.29 is 4.79 Å². The van der Waals surface area contributed by atoms with Crippen molar-refractivity contribution in [1.82, 2.24) is 10.3 Å². The first-order valence-corrected chi connectivity index (χ1v) is 6.83. The molecule has 0 saturated heterocycles. The fourth-order valence-corrected chi connectivity index (χ4v) is 2.37. The number of aromatic amines is 1. The number of aromatic nitrogens is 1. The molecule has 0 bridgehead atoms. The smallest absolute Gasteiger partial charge is 0.268 e. The normalized spacial score (nSPS) is 9.79. The van der Waals surface area contributed by atoms with E-state index in [1.54, 1.807) is 23.6 Å². The Hall–Kier alpha value is -1.74. The molecule has 0 spiro atoms. The van der Waals surface area contributed by atoms with Crippen LogP contribution in [0.3, 0.4) is 0 Å². The first kappa shape index (κ1) is 13.7. The van der Waals surface area contributed by atoms with Gasteiger partial charge in [0.2, 0.25) is 0 Å². The van der Waals surface area contributed by atoms with Gasteiger partial charge in [0.15, 0.2) is 0 Å². The van der Waals surface area contributed by atoms with Gasteiger partial charge in [0.05, 0.1) is 18.1 Å². The molecule has 2 heterocycles. The molecule has 0 fully saturated rings. The van der Waals surface area contributed by atoms with Gasteiger partial charge in [-0.3, -0.25) is 4.79 Å². The maximum atomic E-state index is 11.8. The molecule has 98 valence electrons. The Morgan fingerprint density at radius 2 is 2.37 bits per heavy atom. The van der Waals surface area contributed by atoms with Gasteiger partial charge in [0.25, 0.3) is 5.91 Å². The minimum absolute atomic E-state index is 0.185. The third-order valence-electron chi connectivity index (χ3n) is 2.30. The lowest BCUT2D eigenvalue weighted by Gasteiger charge is -2.00. The van der Waals surface area contributed by atoms with Crippen LogP contribution in [0.1, 0.15) is 20.9 Å². The third kappa shape index (κ3) is 3.86. The van der Waals surface area contributed by atoms with Gasteiger partial charge < -0.3 is 16.0 Å². The second kappa shape index (κ2) is 6.43. The molecule has 6 heteroatoms. The fraction of sp³-hybridized carbons (Fsp3) is 0.154. The number of thiophene rings is 1. The quantitative estimate of drug-likeness (QED) is 0.757. The van der Waals surface area contributed by atoms with E-state index in [0.29, 0.717) is 23.8 Å². The van der Waals surface area contributed by atoms with Crippen molar-refractivity contribution >= 4 is 28.8 Å². The number of carbonyl (C=O) groups is 1. The summed E-state index contributed by atoms with van der Waals surface area (Å²) in [7, 11) is 0. The summed E-state index contributed by atoms with van der Waals surface area (Å²) in [5.41, 5.74) is 6.67. The van der Waals surface area contributed by atoms with E-state index in [-0.39, 0.29) is 5.91 Å². The number of carbonyl (C=O) groups excluding carboxylic acids is 1. The van der Waals surface area contributed by atoms with E-state index in [0.717, 1.165) is 10.4 Å². The van der Waals surface area contributed by atoms with E-state index in [1.807, 2.05) is 11.4 Å². The number of hydrogen-bond donors (Lipinski definition) is 3. The maximum absolute atomic E-state index is 11.8. The Kier molecular flexibility index (Phi) is 4.63. The standard InChI is InChI=1S/C13H12ClN3OS/c14-10-5-12(16-6-10)13(18)17-7-11-4-9(8-19-11)2-1-3-15/h4-6,8,16H,3,7,15H2,(H,17,18). The second-order valence-electron chi connectivity index (χ2n) is 3.72. The van der Waals surface area contributed by atoms with Crippen LogP contribution >= 0.6 is 22.9 Å². The van der Waals surface area contributed by atoms with Crippen LogP contribution in [0.4, 0.5) is 0 Å². The molecule has 0 aromatic carbocycles. The second-order valence-corrected chi connectivity index (χ2v) is 5.15. The zero-order valence-corrected chi connectivity index (χ0v) is 11.6. The van der Waals surface area contributed by atoms with Gasteiger partial charge in [-0.25, -0.2) is 0 Å². The van der Waals surface area contributed by atoms with Gasteiger partial charge >= 0.3 is 0 Å². The maximum Gasteiger partial charge on any atom is 0.268 e. The minimum atomic E-state index is -0.185. The molecule has 0 aliphatic rings. The molecule has 0 aliphatic carbocycles. The number of rotatable bonds is 3. The molecule has 4 N–H and O–H groups in total. The SMILES string of the molecule is NCC#Cc1csc(CNC(=O)c2cc(Cl)c[nH]2)c1. The van der Waals surface area contributed by atoms with Gasteiger partial charge in [-0.1, -0.05) is 23.4 Å². The topological polar surface area (TPSA) is 70.9 Å². The van der Waals surface area contributed by atoms with Gasteiger partial charge in [0.1, 0.15) is 5.69 Å². The van der Waals surface area contributed by atoms with Crippen molar-refractivity contribution in [3.05, 3.63) is 44.9 Å². The average molecular weight is 294 g/mol. The van der Waals surface area contributed by atoms with Crippen LogP contribution in [0.15, 0.2) is 23.7 Å². The summed E-state index contributed by atoms with van der Waals surface area (Å²) in [6.07, 6.45) is 1.57. The number of H-pyrrole nitrogens is 1.